The van der Waals surface area contributed by atoms with Crippen LogP contribution in [-0.4, -0.2) is 27.3 Å². The molecule has 0 radical (unpaired) electrons. The molecule has 5 nitrogen and oxygen atoms in total. The highest BCUT2D eigenvalue weighted by atomic mass is 35.5. The number of hydrogen-bond donors (Lipinski definition) is 2. The molecule has 0 saturated heterocycles. The van der Waals surface area contributed by atoms with Gasteiger partial charge in [-0.15, -0.1) is 11.6 Å². The minimum absolute atomic E-state index is 0.132. The van der Waals surface area contributed by atoms with Crippen LogP contribution in [-0.2, 0) is 14.8 Å². The summed E-state index contributed by atoms with van der Waals surface area (Å²) < 4.78 is 25.6. The van der Waals surface area contributed by atoms with Gasteiger partial charge in [-0.05, 0) is 31.7 Å². The summed E-state index contributed by atoms with van der Waals surface area (Å²) >= 11 is 5.37. The molecule has 0 aliphatic rings. The van der Waals surface area contributed by atoms with Gasteiger partial charge in [-0.3, -0.25) is 4.79 Å². The van der Waals surface area contributed by atoms with Gasteiger partial charge in [0.05, 0.1) is 4.90 Å². The third kappa shape index (κ3) is 3.18. The number of carbonyl (C=O) groups is 1. The number of alkyl halides is 1. The van der Waals surface area contributed by atoms with E-state index >= 15 is 0 Å². The zero-order valence-corrected chi connectivity index (χ0v) is 11.0. The van der Waals surface area contributed by atoms with E-state index in [-0.39, 0.29) is 16.7 Å². The molecule has 1 aromatic rings. The normalized spacial score (nSPS) is 11.2. The summed E-state index contributed by atoms with van der Waals surface area (Å²) in [5.74, 6) is -0.559. The third-order valence-corrected chi connectivity index (χ3v) is 4.04. The van der Waals surface area contributed by atoms with Crippen molar-refractivity contribution in [2.75, 3.05) is 18.2 Å². The van der Waals surface area contributed by atoms with Crippen LogP contribution in [0.15, 0.2) is 23.1 Å². The minimum atomic E-state index is -3.53. The first-order chi connectivity index (χ1) is 7.92. The van der Waals surface area contributed by atoms with Gasteiger partial charge >= 0.3 is 0 Å². The van der Waals surface area contributed by atoms with Crippen LogP contribution in [0.25, 0.3) is 0 Å². The van der Waals surface area contributed by atoms with Gasteiger partial charge in [-0.2, -0.15) is 0 Å². The van der Waals surface area contributed by atoms with E-state index in [2.05, 4.69) is 10.0 Å². The Hall–Kier alpha value is -1.11. The van der Waals surface area contributed by atoms with Crippen molar-refractivity contribution in [3.63, 3.8) is 0 Å². The SMILES string of the molecule is CNS(=O)(=O)c1cccc(NC(=O)CCl)c1C. The van der Waals surface area contributed by atoms with Gasteiger partial charge in [0, 0.05) is 5.69 Å². The molecule has 0 atom stereocenters. The lowest BCUT2D eigenvalue weighted by Gasteiger charge is -2.11. The smallest absolute Gasteiger partial charge is 0.240 e. The van der Waals surface area contributed by atoms with Crippen LogP contribution in [0.3, 0.4) is 0 Å². The first kappa shape index (κ1) is 14.0. The largest absolute Gasteiger partial charge is 0.325 e. The predicted molar refractivity (Wildman–Crippen MR) is 66.8 cm³/mol. The maximum Gasteiger partial charge on any atom is 0.240 e. The van der Waals surface area contributed by atoms with E-state index < -0.39 is 10.0 Å². The molecule has 17 heavy (non-hydrogen) atoms. The van der Waals surface area contributed by atoms with E-state index in [0.717, 1.165) is 0 Å². The number of amides is 1. The number of benzene rings is 1. The van der Waals surface area contributed by atoms with Crippen LogP contribution in [0.1, 0.15) is 5.56 Å². The first-order valence-corrected chi connectivity index (χ1v) is 6.83. The van der Waals surface area contributed by atoms with Crippen molar-refractivity contribution in [1.29, 1.82) is 0 Å². The molecule has 0 aliphatic carbocycles. The summed E-state index contributed by atoms with van der Waals surface area (Å²) in [6, 6.07) is 4.65. The van der Waals surface area contributed by atoms with E-state index in [9.17, 15) is 13.2 Å². The molecule has 1 aromatic carbocycles. The van der Waals surface area contributed by atoms with Crippen LogP contribution in [0.2, 0.25) is 0 Å². The van der Waals surface area contributed by atoms with Gasteiger partial charge in [-0.25, -0.2) is 13.1 Å². The van der Waals surface area contributed by atoms with Crippen molar-refractivity contribution in [2.45, 2.75) is 11.8 Å². The topological polar surface area (TPSA) is 75.3 Å². The summed E-state index contributed by atoms with van der Waals surface area (Å²) in [4.78, 5) is 11.3. The second-order valence-corrected chi connectivity index (χ2v) is 5.44. The van der Waals surface area contributed by atoms with Gasteiger partial charge in [0.2, 0.25) is 15.9 Å². The Labute approximate surface area is 105 Å². The molecule has 0 fully saturated rings. The molecule has 0 heterocycles. The summed E-state index contributed by atoms with van der Waals surface area (Å²) in [7, 11) is -2.20. The molecule has 0 spiro atoms. The molecular formula is C10H13ClN2O3S. The summed E-state index contributed by atoms with van der Waals surface area (Å²) in [5, 5.41) is 2.53. The van der Waals surface area contributed by atoms with Crippen LogP contribution in [0.5, 0.6) is 0 Å². The van der Waals surface area contributed by atoms with Gasteiger partial charge in [0.1, 0.15) is 5.88 Å². The molecular weight excluding hydrogens is 264 g/mol. The van der Waals surface area contributed by atoms with E-state index in [4.69, 9.17) is 11.6 Å². The van der Waals surface area contributed by atoms with E-state index in [1.165, 1.54) is 13.1 Å². The van der Waals surface area contributed by atoms with Crippen LogP contribution in [0, 0.1) is 6.92 Å². The summed E-state index contributed by atoms with van der Waals surface area (Å²) in [5.41, 5.74) is 0.910. The highest BCUT2D eigenvalue weighted by Gasteiger charge is 2.16. The average molecular weight is 277 g/mol. The van der Waals surface area contributed by atoms with Crippen molar-refractivity contribution in [3.8, 4) is 0 Å². The van der Waals surface area contributed by atoms with Crippen molar-refractivity contribution >= 4 is 33.2 Å². The lowest BCUT2D eigenvalue weighted by atomic mass is 10.2. The number of sulfonamides is 1. The fourth-order valence-electron chi connectivity index (χ4n) is 1.33. The monoisotopic (exact) mass is 276 g/mol. The Morgan fingerprint density at radius 3 is 2.59 bits per heavy atom. The zero-order valence-electron chi connectivity index (χ0n) is 9.45. The molecule has 2 N–H and O–H groups in total. The number of rotatable bonds is 4. The number of hydrogen-bond acceptors (Lipinski definition) is 3. The van der Waals surface area contributed by atoms with Crippen molar-refractivity contribution in [2.24, 2.45) is 0 Å². The highest BCUT2D eigenvalue weighted by Crippen LogP contribution is 2.22. The molecule has 7 heteroatoms. The second kappa shape index (κ2) is 5.48. The lowest BCUT2D eigenvalue weighted by molar-refractivity contribution is -0.113. The first-order valence-electron chi connectivity index (χ1n) is 4.81. The van der Waals surface area contributed by atoms with Crippen LogP contribution >= 0.6 is 11.6 Å². The number of carbonyl (C=O) groups excluding carboxylic acids is 1. The van der Waals surface area contributed by atoms with Crippen LogP contribution < -0.4 is 10.0 Å². The van der Waals surface area contributed by atoms with Crippen molar-refractivity contribution < 1.29 is 13.2 Å². The third-order valence-electron chi connectivity index (χ3n) is 2.24. The number of halogens is 1. The Balaban J connectivity index is 3.21. The molecule has 0 saturated carbocycles. The van der Waals surface area contributed by atoms with Gasteiger partial charge in [0.15, 0.2) is 0 Å². The second-order valence-electron chi connectivity index (χ2n) is 3.32. The van der Waals surface area contributed by atoms with E-state index in [1.807, 2.05) is 0 Å². The fourth-order valence-corrected chi connectivity index (χ4v) is 2.39. The van der Waals surface area contributed by atoms with Gasteiger partial charge < -0.3 is 5.32 Å². The maximum absolute atomic E-state index is 11.7. The van der Waals surface area contributed by atoms with E-state index in [0.29, 0.717) is 11.3 Å². The lowest BCUT2D eigenvalue weighted by Crippen LogP contribution is -2.21. The fraction of sp³-hybridized carbons (Fsp3) is 0.300. The number of nitrogens with one attached hydrogen (secondary N) is 2. The molecule has 0 unspecified atom stereocenters. The van der Waals surface area contributed by atoms with Crippen molar-refractivity contribution in [1.82, 2.24) is 4.72 Å². The zero-order chi connectivity index (χ0) is 13.1. The maximum atomic E-state index is 11.7. The quantitative estimate of drug-likeness (QED) is 0.808. The highest BCUT2D eigenvalue weighted by molar-refractivity contribution is 7.89. The molecule has 1 rings (SSSR count). The number of anilines is 1. The molecule has 0 aliphatic heterocycles. The minimum Gasteiger partial charge on any atom is -0.325 e. The van der Waals surface area contributed by atoms with Crippen LogP contribution in [0.4, 0.5) is 5.69 Å². The summed E-state index contributed by atoms with van der Waals surface area (Å²) in [6.45, 7) is 1.62. The molecule has 94 valence electrons. The molecule has 0 aromatic heterocycles. The Kier molecular flexibility index (Phi) is 4.50. The van der Waals surface area contributed by atoms with E-state index in [1.54, 1.807) is 19.1 Å². The average Bonchev–Trinajstić information content (AvgIpc) is 2.31. The van der Waals surface area contributed by atoms with Gasteiger partial charge in [-0.1, -0.05) is 6.07 Å². The molecule has 1 amide bonds. The molecule has 0 bridgehead atoms. The Bertz CT molecular complexity index is 528. The Morgan fingerprint density at radius 1 is 1.41 bits per heavy atom. The standard InChI is InChI=1S/C10H13ClN2O3S/c1-7-8(13-10(14)6-11)4-3-5-9(7)17(15,16)12-2/h3-5,12H,6H2,1-2H3,(H,13,14). The predicted octanol–water partition coefficient (Wildman–Crippen LogP) is 1.08. The van der Waals surface area contributed by atoms with Crippen molar-refractivity contribution in [3.05, 3.63) is 23.8 Å². The summed E-state index contributed by atoms with van der Waals surface area (Å²) in [6.07, 6.45) is 0. The van der Waals surface area contributed by atoms with Gasteiger partial charge in [0.25, 0.3) is 0 Å². The Morgan fingerprint density at radius 2 is 2.06 bits per heavy atom.